The van der Waals surface area contributed by atoms with Crippen molar-refractivity contribution >= 4 is 13.7 Å². The molecule has 0 fully saturated rings. The van der Waals surface area contributed by atoms with Crippen molar-refractivity contribution in [3.8, 4) is 0 Å². The standard InChI is InChI=1S/C57H109N2O6P/c1-6-8-10-12-14-16-18-20-22-24-26-27-28-29-30-31-33-35-37-39-41-43-45-47-49-51-57(61)58-55(54-65-66(62,63)64-53-52-59(3,4)5)56(60)50-48-46-44-42-40-38-36-34-32-25-23-21-19-17-15-13-11-9-7-2/h24,26,32,34,40,42,48,50,55-56,60H,6-23,25,27-31,33,35-39,41,43-47,49,51-54H2,1-5H3,(H-,58,61,62,63)/p+1/b26-24-,34-32+,42-40+,50-48+. The van der Waals surface area contributed by atoms with Gasteiger partial charge in [0.25, 0.3) is 0 Å². The van der Waals surface area contributed by atoms with Crippen LogP contribution < -0.4 is 5.32 Å². The molecule has 0 aromatic rings. The lowest BCUT2D eigenvalue weighted by molar-refractivity contribution is -0.870. The van der Waals surface area contributed by atoms with E-state index in [9.17, 15) is 19.4 Å². The molecule has 3 unspecified atom stereocenters. The molecule has 3 N–H and O–H groups in total. The maximum absolute atomic E-state index is 13.0. The average molecular weight is 950 g/mol. The van der Waals surface area contributed by atoms with E-state index in [2.05, 4.69) is 55.6 Å². The molecule has 0 aromatic heterocycles. The van der Waals surface area contributed by atoms with Gasteiger partial charge in [-0.15, -0.1) is 0 Å². The first-order valence-electron chi connectivity index (χ1n) is 28.0. The van der Waals surface area contributed by atoms with E-state index in [-0.39, 0.29) is 19.1 Å². The number of carbonyl (C=O) groups excluding carboxylic acids is 1. The van der Waals surface area contributed by atoms with Crippen LogP contribution >= 0.6 is 7.82 Å². The molecule has 0 aromatic carbocycles. The summed E-state index contributed by atoms with van der Waals surface area (Å²) in [5, 5.41) is 13.9. The van der Waals surface area contributed by atoms with Gasteiger partial charge in [0.05, 0.1) is 39.9 Å². The topological polar surface area (TPSA) is 105 Å². The van der Waals surface area contributed by atoms with E-state index < -0.39 is 20.0 Å². The molecule has 3 atom stereocenters. The summed E-state index contributed by atoms with van der Waals surface area (Å²) in [4.78, 5) is 23.3. The third kappa shape index (κ3) is 50.3. The number of nitrogens with one attached hydrogen (secondary N) is 1. The predicted molar refractivity (Wildman–Crippen MR) is 286 cm³/mol. The second-order valence-electron chi connectivity index (χ2n) is 20.3. The van der Waals surface area contributed by atoms with Crippen LogP contribution in [0.25, 0.3) is 0 Å². The minimum Gasteiger partial charge on any atom is -0.387 e. The quantitative estimate of drug-likeness (QED) is 0.0243. The zero-order valence-corrected chi connectivity index (χ0v) is 45.1. The van der Waals surface area contributed by atoms with Crippen molar-refractivity contribution in [2.24, 2.45) is 0 Å². The summed E-state index contributed by atoms with van der Waals surface area (Å²) in [6.07, 6.45) is 63.5. The molecule has 0 aliphatic rings. The Morgan fingerprint density at radius 3 is 1.21 bits per heavy atom. The first kappa shape index (κ1) is 64.5. The van der Waals surface area contributed by atoms with E-state index in [0.717, 1.165) is 44.9 Å². The zero-order chi connectivity index (χ0) is 48.5. The zero-order valence-electron chi connectivity index (χ0n) is 44.2. The fourth-order valence-corrected chi connectivity index (χ4v) is 8.81. The number of phosphoric acid groups is 1. The highest BCUT2D eigenvalue weighted by Crippen LogP contribution is 2.43. The van der Waals surface area contributed by atoms with Crippen molar-refractivity contribution in [1.82, 2.24) is 5.32 Å². The highest BCUT2D eigenvalue weighted by Gasteiger charge is 2.27. The fraction of sp³-hybridized carbons (Fsp3) is 0.842. The predicted octanol–water partition coefficient (Wildman–Crippen LogP) is 16.8. The van der Waals surface area contributed by atoms with Gasteiger partial charge in [-0.1, -0.05) is 229 Å². The number of carbonyl (C=O) groups is 1. The Morgan fingerprint density at radius 2 is 0.833 bits per heavy atom. The Hall–Kier alpha value is -1.54. The van der Waals surface area contributed by atoms with Crippen LogP contribution in [-0.2, 0) is 18.4 Å². The molecule has 66 heavy (non-hydrogen) atoms. The molecule has 0 aliphatic carbocycles. The van der Waals surface area contributed by atoms with Gasteiger partial charge in [0, 0.05) is 6.42 Å². The molecule has 0 saturated carbocycles. The van der Waals surface area contributed by atoms with Gasteiger partial charge in [0.1, 0.15) is 13.2 Å². The lowest BCUT2D eigenvalue weighted by Crippen LogP contribution is -2.45. The number of rotatable bonds is 51. The van der Waals surface area contributed by atoms with E-state index in [1.807, 2.05) is 27.2 Å². The summed E-state index contributed by atoms with van der Waals surface area (Å²) in [5.41, 5.74) is 0. The molecular weight excluding hydrogens is 840 g/mol. The Labute approximate surface area is 409 Å². The number of allylic oxidation sites excluding steroid dienone is 7. The molecule has 0 heterocycles. The number of aliphatic hydroxyl groups excluding tert-OH is 1. The second-order valence-corrected chi connectivity index (χ2v) is 21.7. The molecule has 0 rings (SSSR count). The van der Waals surface area contributed by atoms with Crippen LogP contribution in [0.4, 0.5) is 0 Å². The summed E-state index contributed by atoms with van der Waals surface area (Å²) >= 11 is 0. The van der Waals surface area contributed by atoms with Gasteiger partial charge in [-0.25, -0.2) is 4.57 Å². The SMILES string of the molecule is CCCCCCCCCC/C=C\CCCCCCCCCCCCCCCC(=O)NC(COP(=O)(O)OCC[N+](C)(C)C)C(O)/C=C/CC/C=C/CC/C=C/CCCCCCCCCCC. The number of unbranched alkanes of at least 4 members (excludes halogenated alkanes) is 32. The molecule has 388 valence electrons. The third-order valence-electron chi connectivity index (χ3n) is 12.5. The molecule has 0 radical (unpaired) electrons. The lowest BCUT2D eigenvalue weighted by Gasteiger charge is -2.25. The molecule has 8 nitrogen and oxygen atoms in total. The van der Waals surface area contributed by atoms with Crippen molar-refractivity contribution < 1.29 is 32.9 Å². The van der Waals surface area contributed by atoms with Crippen LogP contribution in [0.3, 0.4) is 0 Å². The molecule has 0 aliphatic heterocycles. The van der Waals surface area contributed by atoms with Gasteiger partial charge in [-0.3, -0.25) is 13.8 Å². The molecule has 9 heteroatoms. The van der Waals surface area contributed by atoms with E-state index in [0.29, 0.717) is 17.4 Å². The van der Waals surface area contributed by atoms with Gasteiger partial charge >= 0.3 is 7.82 Å². The minimum absolute atomic E-state index is 0.0534. The van der Waals surface area contributed by atoms with Gasteiger partial charge in [0.2, 0.25) is 5.91 Å². The number of quaternary nitrogens is 1. The first-order valence-corrected chi connectivity index (χ1v) is 29.5. The molecular formula is C57H110N2O6P+. The molecule has 0 saturated heterocycles. The van der Waals surface area contributed by atoms with E-state index in [1.165, 1.54) is 193 Å². The number of nitrogens with zero attached hydrogens (tertiary/aromatic N) is 1. The number of amides is 1. The Bertz CT molecular complexity index is 1210. The summed E-state index contributed by atoms with van der Waals surface area (Å²) in [5.74, 6) is -0.189. The monoisotopic (exact) mass is 950 g/mol. The largest absolute Gasteiger partial charge is 0.472 e. The number of aliphatic hydroxyl groups is 1. The van der Waals surface area contributed by atoms with E-state index in [1.54, 1.807) is 6.08 Å². The van der Waals surface area contributed by atoms with Crippen molar-refractivity contribution in [3.63, 3.8) is 0 Å². The van der Waals surface area contributed by atoms with Crippen LogP contribution in [0.15, 0.2) is 48.6 Å². The van der Waals surface area contributed by atoms with Crippen molar-refractivity contribution in [2.45, 2.75) is 270 Å². The Kier molecular flexibility index (Phi) is 47.4. The van der Waals surface area contributed by atoms with Crippen LogP contribution in [-0.4, -0.2) is 73.4 Å². The third-order valence-corrected chi connectivity index (χ3v) is 13.5. The van der Waals surface area contributed by atoms with Crippen LogP contribution in [0, 0.1) is 0 Å². The smallest absolute Gasteiger partial charge is 0.387 e. The summed E-state index contributed by atoms with van der Waals surface area (Å²) in [6.45, 7) is 4.80. The second kappa shape index (κ2) is 48.5. The number of hydrogen-bond donors (Lipinski definition) is 3. The Morgan fingerprint density at radius 1 is 0.500 bits per heavy atom. The van der Waals surface area contributed by atoms with Crippen LogP contribution in [0.2, 0.25) is 0 Å². The highest BCUT2D eigenvalue weighted by atomic mass is 31.2. The van der Waals surface area contributed by atoms with E-state index in [4.69, 9.17) is 9.05 Å². The highest BCUT2D eigenvalue weighted by molar-refractivity contribution is 7.47. The Balaban J connectivity index is 4.27. The van der Waals surface area contributed by atoms with Crippen LogP contribution in [0.5, 0.6) is 0 Å². The number of phosphoric ester groups is 1. The van der Waals surface area contributed by atoms with Gasteiger partial charge in [-0.2, -0.15) is 0 Å². The number of hydrogen-bond acceptors (Lipinski definition) is 5. The molecule has 0 spiro atoms. The van der Waals surface area contributed by atoms with Gasteiger partial charge in [-0.05, 0) is 70.6 Å². The average Bonchev–Trinajstić information content (AvgIpc) is 3.28. The first-order chi connectivity index (χ1) is 32.0. The van der Waals surface area contributed by atoms with Gasteiger partial charge < -0.3 is 19.8 Å². The fourth-order valence-electron chi connectivity index (χ4n) is 8.07. The van der Waals surface area contributed by atoms with Crippen molar-refractivity contribution in [2.75, 3.05) is 40.9 Å². The van der Waals surface area contributed by atoms with Crippen molar-refractivity contribution in [1.29, 1.82) is 0 Å². The molecule has 0 bridgehead atoms. The number of likely N-dealkylation sites (N-methyl/N-ethyl adjacent to an activating group) is 1. The van der Waals surface area contributed by atoms with E-state index >= 15 is 0 Å². The van der Waals surface area contributed by atoms with Crippen molar-refractivity contribution in [3.05, 3.63) is 48.6 Å². The van der Waals surface area contributed by atoms with Crippen LogP contribution in [0.1, 0.15) is 258 Å². The maximum atomic E-state index is 13.0. The summed E-state index contributed by atoms with van der Waals surface area (Å²) < 4.78 is 23.7. The van der Waals surface area contributed by atoms with Gasteiger partial charge in [0.15, 0.2) is 0 Å². The minimum atomic E-state index is -4.36. The summed E-state index contributed by atoms with van der Waals surface area (Å²) in [7, 11) is 1.55. The normalized spacial score (nSPS) is 14.3. The lowest BCUT2D eigenvalue weighted by atomic mass is 10.0. The molecule has 1 amide bonds. The summed E-state index contributed by atoms with van der Waals surface area (Å²) in [6, 6.07) is -0.870. The maximum Gasteiger partial charge on any atom is 0.472 e.